The van der Waals surface area contributed by atoms with Gasteiger partial charge in [0.05, 0.1) is 0 Å². The van der Waals surface area contributed by atoms with Crippen molar-refractivity contribution >= 4 is 23.5 Å². The van der Waals surface area contributed by atoms with Crippen LogP contribution in [-0.4, -0.2) is 40.6 Å². The first-order valence-corrected chi connectivity index (χ1v) is 7.98. The maximum absolute atomic E-state index is 15.0. The Morgan fingerprint density at radius 1 is 1.26 bits per heavy atom. The molecule has 0 radical (unpaired) electrons. The van der Waals surface area contributed by atoms with Crippen molar-refractivity contribution in [1.29, 1.82) is 0 Å². The van der Waals surface area contributed by atoms with Crippen molar-refractivity contribution in [3.8, 4) is 0 Å². The molecule has 126 valence electrons. The van der Waals surface area contributed by atoms with E-state index in [1.807, 2.05) is 0 Å². The molecule has 0 spiro atoms. The van der Waals surface area contributed by atoms with Gasteiger partial charge < -0.3 is 10.0 Å². The number of likely N-dealkylation sites (tertiary alicyclic amines) is 1. The minimum Gasteiger partial charge on any atom is -0.480 e. The highest BCUT2D eigenvalue weighted by Gasteiger charge is 2.43. The van der Waals surface area contributed by atoms with Crippen molar-refractivity contribution in [2.24, 2.45) is 5.41 Å². The van der Waals surface area contributed by atoms with Crippen LogP contribution >= 0.6 is 11.6 Å². The van der Waals surface area contributed by atoms with Gasteiger partial charge in [-0.2, -0.15) is 0 Å². The van der Waals surface area contributed by atoms with Crippen molar-refractivity contribution in [3.63, 3.8) is 0 Å². The number of hydrogen-bond acceptors (Lipinski definition) is 2. The van der Waals surface area contributed by atoms with Crippen LogP contribution in [0.2, 0.25) is 5.02 Å². The number of carboxylic acid groups (broad SMARTS) is 1. The van der Waals surface area contributed by atoms with E-state index in [0.717, 1.165) is 5.56 Å². The van der Waals surface area contributed by atoms with E-state index in [9.17, 15) is 14.0 Å². The number of amides is 1. The Balaban J connectivity index is 1.98. The quantitative estimate of drug-likeness (QED) is 0.855. The van der Waals surface area contributed by atoms with Crippen LogP contribution in [0.3, 0.4) is 0 Å². The van der Waals surface area contributed by atoms with E-state index in [2.05, 4.69) is 0 Å². The lowest BCUT2D eigenvalue weighted by molar-refractivity contribution is -0.159. The molecule has 0 unspecified atom stereocenters. The van der Waals surface area contributed by atoms with E-state index in [0.29, 0.717) is 5.02 Å². The summed E-state index contributed by atoms with van der Waals surface area (Å²) in [6, 6.07) is 7.06. The summed E-state index contributed by atoms with van der Waals surface area (Å²) in [6.07, 6.45) is 0.683. The van der Waals surface area contributed by atoms with Crippen LogP contribution in [-0.2, 0) is 16.0 Å². The Bertz CT molecular complexity index is 592. The van der Waals surface area contributed by atoms with Crippen LogP contribution < -0.4 is 0 Å². The highest BCUT2D eigenvalue weighted by Crippen LogP contribution is 2.32. The number of halogens is 2. The summed E-state index contributed by atoms with van der Waals surface area (Å²) in [5.74, 6) is -1.63. The number of carboxylic acids is 1. The van der Waals surface area contributed by atoms with E-state index >= 15 is 0 Å². The summed E-state index contributed by atoms with van der Waals surface area (Å²) < 4.78 is 15.0. The van der Waals surface area contributed by atoms with Crippen molar-refractivity contribution in [1.82, 2.24) is 4.90 Å². The maximum Gasteiger partial charge on any atom is 0.318 e. The molecule has 1 fully saturated rings. The molecule has 1 aromatic carbocycles. The van der Waals surface area contributed by atoms with Crippen LogP contribution in [0.1, 0.15) is 32.3 Å². The Hall–Kier alpha value is -1.62. The van der Waals surface area contributed by atoms with E-state index in [-0.39, 0.29) is 32.4 Å². The molecule has 2 rings (SSSR count). The summed E-state index contributed by atoms with van der Waals surface area (Å²) in [7, 11) is 0. The molecule has 1 amide bonds. The van der Waals surface area contributed by atoms with Gasteiger partial charge in [-0.3, -0.25) is 9.59 Å². The first-order chi connectivity index (χ1) is 10.6. The average molecular weight is 342 g/mol. The molecule has 1 saturated heterocycles. The van der Waals surface area contributed by atoms with Crippen molar-refractivity contribution < 1.29 is 19.1 Å². The molecular weight excluding hydrogens is 321 g/mol. The second-order valence-electron chi connectivity index (χ2n) is 6.68. The fraction of sp³-hybridized carbons (Fsp3) is 0.529. The Morgan fingerprint density at radius 3 is 2.26 bits per heavy atom. The molecule has 0 bridgehead atoms. The molecule has 1 aliphatic rings. The summed E-state index contributed by atoms with van der Waals surface area (Å²) in [6.45, 7) is 3.23. The topological polar surface area (TPSA) is 57.6 Å². The van der Waals surface area contributed by atoms with E-state index in [4.69, 9.17) is 16.7 Å². The number of piperidine rings is 1. The van der Waals surface area contributed by atoms with Gasteiger partial charge in [0.1, 0.15) is 11.1 Å². The molecule has 0 atom stereocenters. The molecule has 0 aromatic heterocycles. The van der Waals surface area contributed by atoms with Gasteiger partial charge in [0.25, 0.3) is 0 Å². The van der Waals surface area contributed by atoms with Gasteiger partial charge in [-0.1, -0.05) is 23.7 Å². The number of nitrogens with zero attached hydrogens (tertiary/aromatic N) is 1. The fourth-order valence-electron chi connectivity index (χ4n) is 2.74. The highest BCUT2D eigenvalue weighted by molar-refractivity contribution is 6.30. The predicted octanol–water partition coefficient (Wildman–Crippen LogP) is 3.32. The molecule has 1 heterocycles. The van der Waals surface area contributed by atoms with E-state index < -0.39 is 23.0 Å². The second kappa shape index (κ2) is 6.48. The number of hydrogen-bond donors (Lipinski definition) is 1. The molecule has 23 heavy (non-hydrogen) atoms. The zero-order valence-corrected chi connectivity index (χ0v) is 14.1. The lowest BCUT2D eigenvalue weighted by Gasteiger charge is -2.38. The van der Waals surface area contributed by atoms with E-state index in [1.54, 1.807) is 24.3 Å². The Labute approximate surface area is 140 Å². The molecule has 1 N–H and O–H groups in total. The Morgan fingerprint density at radius 2 is 1.78 bits per heavy atom. The van der Waals surface area contributed by atoms with Gasteiger partial charge in [0.15, 0.2) is 0 Å². The molecule has 1 aliphatic heterocycles. The van der Waals surface area contributed by atoms with Gasteiger partial charge in [-0.05, 0) is 44.4 Å². The molecule has 0 aliphatic carbocycles. The van der Waals surface area contributed by atoms with Crippen LogP contribution in [0, 0.1) is 5.41 Å². The number of alkyl halides is 1. The summed E-state index contributed by atoms with van der Waals surface area (Å²) in [5.41, 5.74) is -1.99. The summed E-state index contributed by atoms with van der Waals surface area (Å²) >= 11 is 5.83. The minimum atomic E-state index is -1.48. The molecule has 0 saturated carbocycles. The number of carbonyl (C=O) groups is 2. The third kappa shape index (κ3) is 4.02. The third-order valence-electron chi connectivity index (χ3n) is 4.45. The van der Waals surface area contributed by atoms with Gasteiger partial charge in [0, 0.05) is 24.5 Å². The van der Waals surface area contributed by atoms with Crippen LogP contribution in [0.5, 0.6) is 0 Å². The van der Waals surface area contributed by atoms with Gasteiger partial charge >= 0.3 is 5.97 Å². The van der Waals surface area contributed by atoms with Gasteiger partial charge in [0.2, 0.25) is 5.91 Å². The number of carbonyl (C=O) groups excluding carboxylic acids is 1. The number of rotatable bonds is 4. The van der Waals surface area contributed by atoms with Crippen LogP contribution in [0.25, 0.3) is 0 Å². The first kappa shape index (κ1) is 17.7. The predicted molar refractivity (Wildman–Crippen MR) is 86.2 cm³/mol. The highest BCUT2D eigenvalue weighted by atomic mass is 35.5. The maximum atomic E-state index is 15.0. The molecule has 1 aromatic rings. The third-order valence-corrected chi connectivity index (χ3v) is 4.70. The normalized spacial score (nSPS) is 17.8. The fourth-order valence-corrected chi connectivity index (χ4v) is 2.87. The number of aliphatic carboxylic acids is 1. The summed E-state index contributed by atoms with van der Waals surface area (Å²) in [4.78, 5) is 24.9. The molecule has 4 nitrogen and oxygen atoms in total. The van der Waals surface area contributed by atoms with Crippen molar-refractivity contribution in [3.05, 3.63) is 34.9 Å². The van der Waals surface area contributed by atoms with Crippen molar-refractivity contribution in [2.45, 2.75) is 38.8 Å². The minimum absolute atomic E-state index is 0.205. The average Bonchev–Trinajstić information content (AvgIpc) is 2.49. The smallest absolute Gasteiger partial charge is 0.318 e. The summed E-state index contributed by atoms with van der Waals surface area (Å²) in [5, 5.41) is 9.74. The SMILES string of the molecule is CC(C)(C(=O)O)C(=O)N1CCC(F)(Cc2ccc(Cl)cc2)CC1. The number of benzene rings is 1. The zero-order valence-electron chi connectivity index (χ0n) is 13.3. The largest absolute Gasteiger partial charge is 0.480 e. The molecular formula is C17H21ClFNO3. The van der Waals surface area contributed by atoms with E-state index in [1.165, 1.54) is 18.7 Å². The van der Waals surface area contributed by atoms with Gasteiger partial charge in [-0.15, -0.1) is 0 Å². The van der Waals surface area contributed by atoms with Crippen LogP contribution in [0.15, 0.2) is 24.3 Å². The standard InChI is InChI=1S/C17H21ClFNO3/c1-16(2,15(22)23)14(21)20-9-7-17(19,8-10-20)11-12-3-5-13(18)6-4-12/h3-6H,7-11H2,1-2H3,(H,22,23). The Kier molecular flexibility index (Phi) is 4.99. The second-order valence-corrected chi connectivity index (χ2v) is 7.11. The van der Waals surface area contributed by atoms with Gasteiger partial charge in [-0.25, -0.2) is 4.39 Å². The lowest BCUT2D eigenvalue weighted by atomic mass is 9.85. The van der Waals surface area contributed by atoms with Crippen molar-refractivity contribution in [2.75, 3.05) is 13.1 Å². The van der Waals surface area contributed by atoms with Crippen LogP contribution in [0.4, 0.5) is 4.39 Å². The lowest BCUT2D eigenvalue weighted by Crippen LogP contribution is -2.51. The molecule has 6 heteroatoms. The monoisotopic (exact) mass is 341 g/mol. The zero-order chi connectivity index (χ0) is 17.3. The first-order valence-electron chi connectivity index (χ1n) is 7.60.